The minimum absolute atomic E-state index is 0.311. The molecule has 0 fully saturated rings. The van der Waals surface area contributed by atoms with Gasteiger partial charge in [-0.1, -0.05) is 0 Å². The van der Waals surface area contributed by atoms with Crippen molar-refractivity contribution >= 4 is 22.5 Å². The van der Waals surface area contributed by atoms with Gasteiger partial charge in [0.1, 0.15) is 17.1 Å². The molecule has 2 heterocycles. The van der Waals surface area contributed by atoms with Crippen LogP contribution in [-0.4, -0.2) is 27.8 Å². The number of aromatic amines is 1. The highest BCUT2D eigenvalue weighted by Crippen LogP contribution is 2.22. The fourth-order valence-corrected chi connectivity index (χ4v) is 2.74. The molecule has 2 aromatic carbocycles. The quantitative estimate of drug-likeness (QED) is 0.589. The maximum Gasteiger partial charge on any atom is 0.272 e. The lowest BCUT2D eigenvalue weighted by atomic mass is 10.2. The van der Waals surface area contributed by atoms with Crippen LogP contribution in [0.15, 0.2) is 60.9 Å². The Morgan fingerprint density at radius 2 is 2.12 bits per heavy atom. The molecule has 0 unspecified atom stereocenters. The number of H-pyrrole nitrogens is 1. The summed E-state index contributed by atoms with van der Waals surface area (Å²) in [6, 6.07) is 13.4. The number of halogens is 1. The maximum absolute atomic E-state index is 14.3. The van der Waals surface area contributed by atoms with E-state index in [0.717, 1.165) is 10.9 Å². The summed E-state index contributed by atoms with van der Waals surface area (Å²) in [7, 11) is 1.58. The number of anilines is 1. The first-order valence-corrected chi connectivity index (χ1v) is 7.92. The van der Waals surface area contributed by atoms with E-state index < -0.39 is 5.82 Å². The summed E-state index contributed by atoms with van der Waals surface area (Å²) in [6.45, 7) is 0. The van der Waals surface area contributed by atoms with Crippen LogP contribution >= 0.6 is 0 Å². The Morgan fingerprint density at radius 1 is 1.23 bits per heavy atom. The normalized spacial score (nSPS) is 10.8. The number of carbonyl (C=O) groups is 1. The molecule has 7 heteroatoms. The van der Waals surface area contributed by atoms with E-state index in [-0.39, 0.29) is 5.91 Å². The Hall–Kier alpha value is -3.61. The predicted molar refractivity (Wildman–Crippen MR) is 96.3 cm³/mol. The fraction of sp³-hybridized carbons (Fsp3) is 0.0526. The van der Waals surface area contributed by atoms with Crippen LogP contribution in [0.4, 0.5) is 10.1 Å². The van der Waals surface area contributed by atoms with Crippen LogP contribution in [0.1, 0.15) is 10.5 Å². The van der Waals surface area contributed by atoms with Gasteiger partial charge in [-0.2, -0.15) is 5.10 Å². The number of nitrogens with zero attached hydrogens (tertiary/aromatic N) is 2. The lowest BCUT2D eigenvalue weighted by molar-refractivity contribution is 0.102. The van der Waals surface area contributed by atoms with Crippen molar-refractivity contribution in [3.05, 3.63) is 72.4 Å². The number of nitrogens with one attached hydrogen (secondary N) is 2. The summed E-state index contributed by atoms with van der Waals surface area (Å²) in [5.74, 6) is -0.137. The number of rotatable bonds is 4. The molecule has 26 heavy (non-hydrogen) atoms. The fourth-order valence-electron chi connectivity index (χ4n) is 2.74. The molecule has 4 aromatic rings. The van der Waals surface area contributed by atoms with E-state index in [2.05, 4.69) is 15.4 Å². The molecule has 6 nitrogen and oxygen atoms in total. The van der Waals surface area contributed by atoms with Crippen molar-refractivity contribution in [3.8, 4) is 11.4 Å². The summed E-state index contributed by atoms with van der Waals surface area (Å²) in [6.07, 6.45) is 3.22. The number of amides is 1. The molecule has 0 spiro atoms. The molecule has 0 aliphatic heterocycles. The molecule has 0 bridgehead atoms. The van der Waals surface area contributed by atoms with E-state index in [9.17, 15) is 9.18 Å². The molecule has 0 radical (unpaired) electrons. The zero-order valence-electron chi connectivity index (χ0n) is 13.9. The number of hydrogen-bond donors (Lipinski definition) is 2. The molecule has 2 N–H and O–H groups in total. The van der Waals surface area contributed by atoms with Crippen LogP contribution in [0.25, 0.3) is 16.6 Å². The van der Waals surface area contributed by atoms with Gasteiger partial charge in [0.15, 0.2) is 5.82 Å². The highest BCUT2D eigenvalue weighted by Gasteiger charge is 2.12. The van der Waals surface area contributed by atoms with Crippen LogP contribution < -0.4 is 10.1 Å². The van der Waals surface area contributed by atoms with Gasteiger partial charge < -0.3 is 15.0 Å². The second-order valence-electron chi connectivity index (χ2n) is 5.71. The number of methoxy groups -OCH3 is 1. The topological polar surface area (TPSA) is 71.9 Å². The standard InChI is InChI=1S/C19H15FN4O2/c1-26-14-5-3-12-9-17(23-16(12)11-14)19(25)22-13-4-6-18(15(20)10-13)24-8-2-7-21-24/h2-11,23H,1H3,(H,22,25). The third kappa shape index (κ3) is 2.90. The molecule has 0 aliphatic rings. The molecule has 4 rings (SSSR count). The second kappa shape index (κ2) is 6.36. The van der Waals surface area contributed by atoms with E-state index in [1.165, 1.54) is 10.7 Å². The lowest BCUT2D eigenvalue weighted by Crippen LogP contribution is -2.12. The number of benzene rings is 2. The minimum Gasteiger partial charge on any atom is -0.497 e. The smallest absolute Gasteiger partial charge is 0.272 e. The molecule has 0 saturated carbocycles. The average molecular weight is 350 g/mol. The van der Waals surface area contributed by atoms with Crippen molar-refractivity contribution in [2.45, 2.75) is 0 Å². The number of hydrogen-bond acceptors (Lipinski definition) is 3. The van der Waals surface area contributed by atoms with Gasteiger partial charge in [-0.15, -0.1) is 0 Å². The average Bonchev–Trinajstić information content (AvgIpc) is 3.30. The van der Waals surface area contributed by atoms with Crippen molar-refractivity contribution in [1.29, 1.82) is 0 Å². The van der Waals surface area contributed by atoms with Gasteiger partial charge in [-0.05, 0) is 42.5 Å². The highest BCUT2D eigenvalue weighted by molar-refractivity contribution is 6.06. The van der Waals surface area contributed by atoms with E-state index in [1.54, 1.807) is 43.8 Å². The van der Waals surface area contributed by atoms with Crippen LogP contribution in [0.5, 0.6) is 5.75 Å². The first-order chi connectivity index (χ1) is 12.6. The van der Waals surface area contributed by atoms with Gasteiger partial charge in [-0.3, -0.25) is 4.79 Å². The Labute approximate surface area is 148 Å². The van der Waals surface area contributed by atoms with Crippen molar-refractivity contribution in [1.82, 2.24) is 14.8 Å². The third-order valence-corrected chi connectivity index (χ3v) is 4.03. The van der Waals surface area contributed by atoms with Crippen molar-refractivity contribution in [2.24, 2.45) is 0 Å². The molecule has 0 saturated heterocycles. The second-order valence-corrected chi connectivity index (χ2v) is 5.71. The van der Waals surface area contributed by atoms with E-state index in [1.807, 2.05) is 18.2 Å². The minimum atomic E-state index is -0.479. The van der Waals surface area contributed by atoms with Crippen LogP contribution in [-0.2, 0) is 0 Å². The maximum atomic E-state index is 14.3. The Bertz CT molecular complexity index is 1090. The zero-order chi connectivity index (χ0) is 18.1. The van der Waals surface area contributed by atoms with Crippen LogP contribution in [0.2, 0.25) is 0 Å². The Kier molecular flexibility index (Phi) is 3.89. The van der Waals surface area contributed by atoms with Gasteiger partial charge >= 0.3 is 0 Å². The molecule has 0 aliphatic carbocycles. The van der Waals surface area contributed by atoms with E-state index >= 15 is 0 Å². The van der Waals surface area contributed by atoms with Crippen molar-refractivity contribution < 1.29 is 13.9 Å². The lowest BCUT2D eigenvalue weighted by Gasteiger charge is -2.07. The first-order valence-electron chi connectivity index (χ1n) is 7.92. The summed E-state index contributed by atoms with van der Waals surface area (Å²) >= 11 is 0. The van der Waals surface area contributed by atoms with Gasteiger partial charge in [0.05, 0.1) is 7.11 Å². The zero-order valence-corrected chi connectivity index (χ0v) is 13.9. The van der Waals surface area contributed by atoms with Gasteiger partial charge in [0, 0.05) is 35.1 Å². The number of fused-ring (bicyclic) bond motifs is 1. The van der Waals surface area contributed by atoms with E-state index in [4.69, 9.17) is 4.74 Å². The summed E-state index contributed by atoms with van der Waals surface area (Å²) in [5, 5.41) is 7.57. The van der Waals surface area contributed by atoms with Crippen LogP contribution in [0.3, 0.4) is 0 Å². The van der Waals surface area contributed by atoms with E-state index in [0.29, 0.717) is 22.8 Å². The number of carbonyl (C=O) groups excluding carboxylic acids is 1. The largest absolute Gasteiger partial charge is 0.497 e. The van der Waals surface area contributed by atoms with Crippen molar-refractivity contribution in [3.63, 3.8) is 0 Å². The highest BCUT2D eigenvalue weighted by atomic mass is 19.1. The predicted octanol–water partition coefficient (Wildman–Crippen LogP) is 3.75. The number of aromatic nitrogens is 3. The van der Waals surface area contributed by atoms with Crippen molar-refractivity contribution in [2.75, 3.05) is 12.4 Å². The molecule has 2 aromatic heterocycles. The molecule has 1 amide bonds. The molecule has 130 valence electrons. The monoisotopic (exact) mass is 350 g/mol. The third-order valence-electron chi connectivity index (χ3n) is 4.03. The van der Waals surface area contributed by atoms with Gasteiger partial charge in [-0.25, -0.2) is 9.07 Å². The molecular formula is C19H15FN4O2. The number of ether oxygens (including phenoxy) is 1. The Morgan fingerprint density at radius 3 is 2.85 bits per heavy atom. The summed E-state index contributed by atoms with van der Waals surface area (Å²) in [5.41, 5.74) is 1.84. The first kappa shape index (κ1) is 15.9. The van der Waals surface area contributed by atoms with Gasteiger partial charge in [0.25, 0.3) is 5.91 Å². The Balaban J connectivity index is 1.57. The van der Waals surface area contributed by atoms with Gasteiger partial charge in [0.2, 0.25) is 0 Å². The SMILES string of the molecule is COc1ccc2cc(C(=O)Nc3ccc(-n4cccn4)c(F)c3)[nH]c2c1. The molecular weight excluding hydrogens is 335 g/mol. The summed E-state index contributed by atoms with van der Waals surface area (Å²) in [4.78, 5) is 15.5. The summed E-state index contributed by atoms with van der Waals surface area (Å²) < 4.78 is 20.9. The van der Waals surface area contributed by atoms with Crippen LogP contribution in [0, 0.1) is 5.82 Å². The molecule has 0 atom stereocenters.